The number of fused-ring (bicyclic) bond motifs is 1. The summed E-state index contributed by atoms with van der Waals surface area (Å²) >= 11 is 0. The lowest BCUT2D eigenvalue weighted by Crippen LogP contribution is -2.41. The normalized spacial score (nSPS) is 11.3. The summed E-state index contributed by atoms with van der Waals surface area (Å²) in [6.07, 6.45) is 0. The minimum Gasteiger partial charge on any atom is -0.329 e. The Kier molecular flexibility index (Phi) is 3.08. The molecule has 2 rings (SSSR count). The molecule has 0 aliphatic heterocycles. The molecule has 7 nitrogen and oxygen atoms in total. The van der Waals surface area contributed by atoms with Crippen molar-refractivity contribution >= 4 is 11.2 Å². The summed E-state index contributed by atoms with van der Waals surface area (Å²) in [4.78, 5) is 28.6. The van der Waals surface area contributed by atoms with Crippen LogP contribution in [-0.4, -0.2) is 25.2 Å². The Morgan fingerprint density at radius 3 is 2.50 bits per heavy atom. The van der Waals surface area contributed by atoms with Gasteiger partial charge in [0.2, 0.25) is 0 Å². The van der Waals surface area contributed by atoms with Crippen LogP contribution in [0.25, 0.3) is 11.2 Å². The van der Waals surface area contributed by atoms with Gasteiger partial charge in [-0.05, 0) is 13.8 Å². The molecule has 0 unspecified atom stereocenters. The van der Waals surface area contributed by atoms with Crippen LogP contribution in [0.3, 0.4) is 0 Å². The molecule has 2 aromatic heterocycles. The zero-order chi connectivity index (χ0) is 13.4. The number of rotatable bonds is 3. The van der Waals surface area contributed by atoms with Gasteiger partial charge in [0.15, 0.2) is 11.2 Å². The van der Waals surface area contributed by atoms with Gasteiger partial charge in [-0.25, -0.2) is 9.78 Å². The first kappa shape index (κ1) is 12.6. The van der Waals surface area contributed by atoms with Gasteiger partial charge in [0.05, 0.1) is 0 Å². The molecule has 0 aliphatic carbocycles. The van der Waals surface area contributed by atoms with E-state index in [1.165, 1.54) is 4.57 Å². The van der Waals surface area contributed by atoms with Crippen molar-refractivity contribution in [1.82, 2.24) is 18.7 Å². The molecule has 98 valence electrons. The number of aromatic nitrogens is 4. The van der Waals surface area contributed by atoms with Crippen LogP contribution in [0.15, 0.2) is 9.59 Å². The van der Waals surface area contributed by atoms with Gasteiger partial charge in [0, 0.05) is 26.7 Å². The van der Waals surface area contributed by atoms with Crippen LogP contribution < -0.4 is 17.0 Å². The number of hydrogen-bond donors (Lipinski definition) is 1. The van der Waals surface area contributed by atoms with Crippen molar-refractivity contribution in [3.63, 3.8) is 0 Å². The Balaban J connectivity index is 3.00. The Morgan fingerprint density at radius 2 is 1.94 bits per heavy atom. The van der Waals surface area contributed by atoms with E-state index >= 15 is 0 Å². The molecule has 0 fully saturated rings. The van der Waals surface area contributed by atoms with E-state index < -0.39 is 0 Å². The highest BCUT2D eigenvalue weighted by atomic mass is 16.2. The third kappa shape index (κ3) is 1.59. The first-order valence-electron chi connectivity index (χ1n) is 5.89. The van der Waals surface area contributed by atoms with Crippen LogP contribution in [0.4, 0.5) is 0 Å². The van der Waals surface area contributed by atoms with E-state index in [2.05, 4.69) is 4.98 Å². The molecule has 18 heavy (non-hydrogen) atoms. The molecule has 0 atom stereocenters. The van der Waals surface area contributed by atoms with E-state index in [0.717, 1.165) is 10.4 Å². The summed E-state index contributed by atoms with van der Waals surface area (Å²) in [5, 5.41) is 0. The maximum absolute atomic E-state index is 12.3. The van der Waals surface area contributed by atoms with Crippen molar-refractivity contribution < 1.29 is 0 Å². The van der Waals surface area contributed by atoms with Crippen molar-refractivity contribution in [2.24, 2.45) is 12.8 Å². The molecule has 0 saturated carbocycles. The lowest BCUT2D eigenvalue weighted by atomic mass is 10.4. The minimum atomic E-state index is -0.376. The van der Waals surface area contributed by atoms with Gasteiger partial charge in [-0.15, -0.1) is 0 Å². The summed E-state index contributed by atoms with van der Waals surface area (Å²) in [6, 6.07) is 0. The standard InChI is InChI=1S/C11H17N5O2/c1-4-15-7(2)13-9-8(15)10(17)16(6-5-12)11(18)14(9)3/h4-6,12H2,1-3H3. The molecule has 0 aliphatic rings. The highest BCUT2D eigenvalue weighted by Gasteiger charge is 2.17. The number of imidazole rings is 1. The Morgan fingerprint density at radius 1 is 1.28 bits per heavy atom. The molecule has 0 radical (unpaired) electrons. The van der Waals surface area contributed by atoms with Gasteiger partial charge in [-0.1, -0.05) is 0 Å². The molecule has 0 amide bonds. The van der Waals surface area contributed by atoms with Gasteiger partial charge in [0.25, 0.3) is 5.56 Å². The zero-order valence-corrected chi connectivity index (χ0v) is 10.8. The highest BCUT2D eigenvalue weighted by Crippen LogP contribution is 2.09. The zero-order valence-electron chi connectivity index (χ0n) is 10.8. The maximum atomic E-state index is 12.3. The first-order valence-corrected chi connectivity index (χ1v) is 5.89. The van der Waals surface area contributed by atoms with Crippen LogP contribution in [0, 0.1) is 6.92 Å². The topological polar surface area (TPSA) is 87.8 Å². The molecule has 0 aromatic carbocycles. The van der Waals surface area contributed by atoms with Crippen molar-refractivity contribution in [3.8, 4) is 0 Å². The number of nitrogens with zero attached hydrogens (tertiary/aromatic N) is 4. The smallest absolute Gasteiger partial charge is 0.329 e. The van der Waals surface area contributed by atoms with Crippen molar-refractivity contribution in [1.29, 1.82) is 0 Å². The second kappa shape index (κ2) is 4.41. The monoisotopic (exact) mass is 251 g/mol. The summed E-state index contributed by atoms with van der Waals surface area (Å²) in [7, 11) is 1.61. The number of aryl methyl sites for hydroxylation is 3. The lowest BCUT2D eigenvalue weighted by Gasteiger charge is -2.08. The summed E-state index contributed by atoms with van der Waals surface area (Å²) in [5.41, 5.74) is 5.64. The molecule has 0 bridgehead atoms. The molecule has 0 saturated heterocycles. The third-order valence-electron chi connectivity index (χ3n) is 3.09. The van der Waals surface area contributed by atoms with Gasteiger partial charge in [-0.2, -0.15) is 0 Å². The van der Waals surface area contributed by atoms with Gasteiger partial charge < -0.3 is 10.3 Å². The Bertz CT molecular complexity index is 707. The first-order chi connectivity index (χ1) is 8.52. The van der Waals surface area contributed by atoms with E-state index in [9.17, 15) is 9.59 Å². The molecular formula is C11H17N5O2. The third-order valence-corrected chi connectivity index (χ3v) is 3.09. The number of hydrogen-bond acceptors (Lipinski definition) is 4. The van der Waals surface area contributed by atoms with E-state index in [1.807, 2.05) is 18.4 Å². The van der Waals surface area contributed by atoms with Crippen LogP contribution >= 0.6 is 0 Å². The predicted octanol–water partition coefficient (Wildman–Crippen LogP) is -0.816. The van der Waals surface area contributed by atoms with Gasteiger partial charge in [0.1, 0.15) is 5.82 Å². The average molecular weight is 251 g/mol. The van der Waals surface area contributed by atoms with Crippen LogP contribution in [0.1, 0.15) is 12.7 Å². The maximum Gasteiger partial charge on any atom is 0.332 e. The summed E-state index contributed by atoms with van der Waals surface area (Å²) in [5.74, 6) is 0.727. The van der Waals surface area contributed by atoms with E-state index in [4.69, 9.17) is 5.73 Å². The van der Waals surface area contributed by atoms with Crippen molar-refractivity contribution in [3.05, 3.63) is 26.7 Å². The summed E-state index contributed by atoms with van der Waals surface area (Å²) in [6.45, 7) is 4.86. The Labute approximate surface area is 103 Å². The molecule has 2 aromatic rings. The fourth-order valence-electron chi connectivity index (χ4n) is 2.19. The second-order valence-electron chi connectivity index (χ2n) is 4.16. The lowest BCUT2D eigenvalue weighted by molar-refractivity contribution is 0.607. The van der Waals surface area contributed by atoms with Crippen LogP contribution in [0.5, 0.6) is 0 Å². The predicted molar refractivity (Wildman–Crippen MR) is 68.7 cm³/mol. The second-order valence-corrected chi connectivity index (χ2v) is 4.16. The van der Waals surface area contributed by atoms with Gasteiger partial charge >= 0.3 is 5.69 Å². The van der Waals surface area contributed by atoms with Gasteiger partial charge in [-0.3, -0.25) is 13.9 Å². The van der Waals surface area contributed by atoms with Crippen LogP contribution in [-0.2, 0) is 20.1 Å². The molecule has 2 N–H and O–H groups in total. The molecule has 0 spiro atoms. The average Bonchev–Trinajstić information content (AvgIpc) is 2.69. The molecule has 2 heterocycles. The fraction of sp³-hybridized carbons (Fsp3) is 0.545. The van der Waals surface area contributed by atoms with E-state index in [1.54, 1.807) is 7.05 Å². The molecular weight excluding hydrogens is 234 g/mol. The quantitative estimate of drug-likeness (QED) is 0.772. The van der Waals surface area contributed by atoms with Crippen LogP contribution in [0.2, 0.25) is 0 Å². The fourth-order valence-corrected chi connectivity index (χ4v) is 2.19. The van der Waals surface area contributed by atoms with E-state index in [-0.39, 0.29) is 24.3 Å². The summed E-state index contributed by atoms with van der Waals surface area (Å²) < 4.78 is 4.37. The van der Waals surface area contributed by atoms with Crippen molar-refractivity contribution in [2.45, 2.75) is 26.9 Å². The molecule has 7 heteroatoms. The van der Waals surface area contributed by atoms with E-state index in [0.29, 0.717) is 17.7 Å². The minimum absolute atomic E-state index is 0.218. The Hall–Kier alpha value is -1.89. The van der Waals surface area contributed by atoms with Crippen molar-refractivity contribution in [2.75, 3.05) is 6.54 Å². The number of nitrogens with two attached hydrogens (primary N) is 1. The largest absolute Gasteiger partial charge is 0.332 e. The SMILES string of the molecule is CCn1c(C)nc2c1c(=O)n(CCN)c(=O)n2C. The highest BCUT2D eigenvalue weighted by molar-refractivity contribution is 5.70.